The highest BCUT2D eigenvalue weighted by Gasteiger charge is 2.29. The Bertz CT molecular complexity index is 11000. The van der Waals surface area contributed by atoms with E-state index in [1.807, 2.05) is 96.3 Å². The maximum Gasteiger partial charge on any atom is 0.165 e. The van der Waals surface area contributed by atoms with E-state index in [0.717, 1.165) is 161 Å². The molecular formula is C132H75N9O2S. The van der Waals surface area contributed by atoms with Crippen LogP contribution in [0.2, 0.25) is 0 Å². The molecule has 9 aromatic heterocycles. The molecule has 33 aromatic rings. The first-order chi connectivity index (χ1) is 71.4. The Morgan fingerprint density at radius 2 is 0.451 bits per heavy atom. The largest absolute Gasteiger partial charge is 0.456 e. The van der Waals surface area contributed by atoms with E-state index in [9.17, 15) is 0 Å². The van der Waals surface area contributed by atoms with E-state index in [2.05, 4.69) is 384 Å². The summed E-state index contributed by atoms with van der Waals surface area (Å²) in [6.07, 6.45) is 0. The van der Waals surface area contributed by atoms with Gasteiger partial charge in [-0.2, -0.15) is 0 Å². The Balaban J connectivity index is 0.0000000986. The van der Waals surface area contributed by atoms with Gasteiger partial charge >= 0.3 is 0 Å². The molecule has 0 unspecified atom stereocenters. The standard InChI is InChI=1S/2C44H25N3O.C44H25N3S/c1-2-10-29-26(9-1)17-18-27-19-22-33-32(41(27)29)23-24-38-42(33)34-12-3-7-15-37(34)47(38)44-43(45-35-13-5-6-14-36(35)46-44)28-20-21-31-30-11-4-8-16-39(30)48-40(31)25-28;2*1-2-10-29-26(9-1)17-18-27-19-22-35-33(41(27)29)23-24-34-30-11-3-7-15-38(30)47(43(34)35)44-42(45-36-13-5-6-14-37(36)46-44)28-20-21-32-31-12-4-8-16-39(31)48-40(32)25-28/h3*1-25H. The molecule has 0 aliphatic heterocycles. The second-order valence-corrected chi connectivity index (χ2v) is 38.7. The number of aromatic nitrogens is 9. The number of hydrogen-bond donors (Lipinski definition) is 0. The Morgan fingerprint density at radius 3 is 0.917 bits per heavy atom. The van der Waals surface area contributed by atoms with Crippen LogP contribution in [0.1, 0.15) is 0 Å². The van der Waals surface area contributed by atoms with Gasteiger partial charge in [-0.15, -0.1) is 11.3 Å². The SMILES string of the molecule is c1ccc2c(c1)ccc1ccc3c(ccc4c3c3ccccc3n4-c3nc4ccccc4nc3-c3ccc4c(c3)oc3ccccc34)c12.c1ccc2c(c1)ccc1ccc3c(ccc4c5ccccc5n(-c5nc6ccccc6nc5-c5ccc6c(c5)oc5ccccc56)c34)c12.c1ccc2c(c1)ccc1ccc3c(ccc4c5ccccc5n(-c5nc6ccccc6nc5-c5ccc6c(c5)sc5ccccc56)c34)c12. The van der Waals surface area contributed by atoms with Gasteiger partial charge in [-0.05, 0) is 195 Å². The molecule has 0 N–H and O–H groups in total. The topological polar surface area (TPSA) is 118 Å². The van der Waals surface area contributed by atoms with Crippen molar-refractivity contribution in [1.82, 2.24) is 43.6 Å². The fraction of sp³-hybridized carbons (Fsp3) is 0. The monoisotopic (exact) mass is 1850 g/mol. The van der Waals surface area contributed by atoms with Crippen LogP contribution < -0.4 is 0 Å². The third kappa shape index (κ3) is 12.1. The summed E-state index contributed by atoms with van der Waals surface area (Å²) < 4.78 is 22.2. The number of rotatable bonds is 6. The number of fused-ring (bicyclic) bond motifs is 39. The molecule has 24 aromatic carbocycles. The average molecular weight is 1850 g/mol. The maximum atomic E-state index is 6.35. The Kier molecular flexibility index (Phi) is 17.3. The minimum absolute atomic E-state index is 0.792. The summed E-state index contributed by atoms with van der Waals surface area (Å²) in [6.45, 7) is 0. The maximum absolute atomic E-state index is 6.35. The number of furan rings is 2. The van der Waals surface area contributed by atoms with Crippen LogP contribution in [0.5, 0.6) is 0 Å². The van der Waals surface area contributed by atoms with Gasteiger partial charge in [0.2, 0.25) is 0 Å². The lowest BCUT2D eigenvalue weighted by Gasteiger charge is -2.15. The molecule has 0 aliphatic carbocycles. The summed E-state index contributed by atoms with van der Waals surface area (Å²) in [5.74, 6) is 2.42. The lowest BCUT2D eigenvalue weighted by Crippen LogP contribution is -2.04. The highest BCUT2D eigenvalue weighted by molar-refractivity contribution is 7.25. The van der Waals surface area contributed by atoms with E-state index in [1.165, 1.54) is 149 Å². The number of para-hydroxylation sites is 11. The van der Waals surface area contributed by atoms with Gasteiger partial charge in [-0.1, -0.05) is 346 Å². The number of hydrogen-bond acceptors (Lipinski definition) is 9. The lowest BCUT2D eigenvalue weighted by molar-refractivity contribution is 0.668. The predicted molar refractivity (Wildman–Crippen MR) is 603 cm³/mol. The van der Waals surface area contributed by atoms with Crippen LogP contribution in [0.3, 0.4) is 0 Å². The second-order valence-electron chi connectivity index (χ2n) is 37.7. The van der Waals surface area contributed by atoms with Gasteiger partial charge in [0.1, 0.15) is 39.4 Å². The normalized spacial score (nSPS) is 12.2. The Labute approximate surface area is 823 Å². The first-order valence-corrected chi connectivity index (χ1v) is 49.6. The zero-order valence-corrected chi connectivity index (χ0v) is 77.9. The van der Waals surface area contributed by atoms with Crippen molar-refractivity contribution in [2.24, 2.45) is 0 Å². The number of nitrogens with zero attached hydrogens (tertiary/aromatic N) is 9. The molecule has 0 atom stereocenters. The van der Waals surface area contributed by atoms with E-state index in [-0.39, 0.29) is 0 Å². The van der Waals surface area contributed by atoms with Gasteiger partial charge in [0.05, 0.1) is 66.2 Å². The average Bonchev–Trinajstić information content (AvgIpc) is 1.55. The van der Waals surface area contributed by atoms with Gasteiger partial charge < -0.3 is 8.83 Å². The van der Waals surface area contributed by atoms with Crippen molar-refractivity contribution in [2.45, 2.75) is 0 Å². The van der Waals surface area contributed by atoms with Crippen LogP contribution in [0.15, 0.2) is 464 Å². The van der Waals surface area contributed by atoms with Gasteiger partial charge in [0.25, 0.3) is 0 Å². The highest BCUT2D eigenvalue weighted by Crippen LogP contribution is 2.50. The molecule has 666 valence electrons. The molecule has 0 bridgehead atoms. The van der Waals surface area contributed by atoms with Crippen molar-refractivity contribution in [2.75, 3.05) is 0 Å². The van der Waals surface area contributed by atoms with Crippen molar-refractivity contribution >= 4 is 271 Å². The van der Waals surface area contributed by atoms with Crippen LogP contribution in [0.4, 0.5) is 0 Å². The van der Waals surface area contributed by atoms with Crippen molar-refractivity contribution < 1.29 is 8.83 Å². The van der Waals surface area contributed by atoms with Crippen LogP contribution in [0.25, 0.3) is 311 Å². The fourth-order valence-corrected chi connectivity index (χ4v) is 24.6. The molecule has 11 nitrogen and oxygen atoms in total. The molecule has 0 spiro atoms. The first-order valence-electron chi connectivity index (χ1n) is 48.8. The molecular weight excluding hydrogens is 1780 g/mol. The lowest BCUT2D eigenvalue weighted by atomic mass is 9.94. The van der Waals surface area contributed by atoms with Crippen molar-refractivity contribution in [3.63, 3.8) is 0 Å². The van der Waals surface area contributed by atoms with Gasteiger partial charge in [-0.25, -0.2) is 29.9 Å². The summed E-state index contributed by atoms with van der Waals surface area (Å²) in [4.78, 5) is 32.2. The van der Waals surface area contributed by atoms with Crippen LogP contribution in [-0.4, -0.2) is 43.6 Å². The van der Waals surface area contributed by atoms with Crippen LogP contribution >= 0.6 is 11.3 Å². The van der Waals surface area contributed by atoms with E-state index in [4.69, 9.17) is 38.7 Å². The molecule has 9 heterocycles. The van der Waals surface area contributed by atoms with Gasteiger partial charge in [-0.3, -0.25) is 13.7 Å². The van der Waals surface area contributed by atoms with E-state index < -0.39 is 0 Å². The second kappa shape index (κ2) is 31.2. The van der Waals surface area contributed by atoms with Gasteiger partial charge in [0, 0.05) is 101 Å². The molecule has 0 saturated heterocycles. The summed E-state index contributed by atoms with van der Waals surface area (Å²) in [5.41, 5.74) is 20.7. The predicted octanol–water partition coefficient (Wildman–Crippen LogP) is 35.7. The van der Waals surface area contributed by atoms with Gasteiger partial charge in [0.15, 0.2) is 17.5 Å². The molecule has 0 radical (unpaired) electrons. The van der Waals surface area contributed by atoms with E-state index in [1.54, 1.807) is 0 Å². The first kappa shape index (κ1) is 79.9. The number of benzene rings is 24. The quantitative estimate of drug-likeness (QED) is 0.151. The van der Waals surface area contributed by atoms with Crippen LogP contribution in [0, 0.1) is 0 Å². The summed E-state index contributed by atoms with van der Waals surface area (Å²) in [5, 5.41) is 36.5. The summed E-state index contributed by atoms with van der Waals surface area (Å²) in [6, 6.07) is 162. The third-order valence-electron chi connectivity index (χ3n) is 29.9. The van der Waals surface area contributed by atoms with Crippen molar-refractivity contribution in [3.8, 4) is 51.2 Å². The Morgan fingerprint density at radius 1 is 0.167 bits per heavy atom. The fourth-order valence-electron chi connectivity index (χ4n) is 23.4. The van der Waals surface area contributed by atoms with E-state index >= 15 is 0 Å². The molecule has 0 aliphatic rings. The molecule has 0 amide bonds. The zero-order chi connectivity index (χ0) is 94.0. The highest BCUT2D eigenvalue weighted by atomic mass is 32.1. The molecule has 33 rings (SSSR count). The van der Waals surface area contributed by atoms with E-state index in [0.29, 0.717) is 0 Å². The smallest absolute Gasteiger partial charge is 0.165 e. The minimum Gasteiger partial charge on any atom is -0.456 e. The minimum atomic E-state index is 0.792. The molecule has 144 heavy (non-hydrogen) atoms. The molecule has 12 heteroatoms. The van der Waals surface area contributed by atoms with Crippen molar-refractivity contribution in [1.29, 1.82) is 0 Å². The molecule has 0 saturated carbocycles. The van der Waals surface area contributed by atoms with Crippen molar-refractivity contribution in [3.05, 3.63) is 455 Å². The summed E-state index contributed by atoms with van der Waals surface area (Å²) >= 11 is 1.83. The third-order valence-corrected chi connectivity index (χ3v) is 31.0. The molecule has 0 fully saturated rings. The number of thiophene rings is 1. The Hall–Kier alpha value is -19.1. The zero-order valence-electron chi connectivity index (χ0n) is 77.1. The summed E-state index contributed by atoms with van der Waals surface area (Å²) in [7, 11) is 0. The van der Waals surface area contributed by atoms with Crippen LogP contribution in [-0.2, 0) is 0 Å².